The number of halogens is 2. The van der Waals surface area contributed by atoms with Crippen molar-refractivity contribution < 1.29 is 9.53 Å². The highest BCUT2D eigenvalue weighted by Gasteiger charge is 2.11. The standard InChI is InChI=1S/C15H14ClN3O2.ClH/c16-11-7-5-10(6-8-11)9-21-13-4-2-1-3-12(13)14(20)19-15(17)18;/h1-8H,9H2,(H4,17,18,19,20);1H. The number of carbonyl (C=O) groups is 1. The second kappa shape index (κ2) is 8.26. The van der Waals surface area contributed by atoms with Gasteiger partial charge in [0.2, 0.25) is 0 Å². The van der Waals surface area contributed by atoms with Crippen molar-refractivity contribution in [2.45, 2.75) is 6.61 Å². The van der Waals surface area contributed by atoms with Gasteiger partial charge in [-0.15, -0.1) is 12.4 Å². The van der Waals surface area contributed by atoms with Crippen LogP contribution in [0.1, 0.15) is 15.9 Å². The summed E-state index contributed by atoms with van der Waals surface area (Å²) in [7, 11) is 0. The van der Waals surface area contributed by atoms with Crippen LogP contribution < -0.4 is 16.2 Å². The van der Waals surface area contributed by atoms with Gasteiger partial charge in [-0.25, -0.2) is 0 Å². The summed E-state index contributed by atoms with van der Waals surface area (Å²) >= 11 is 5.82. The zero-order chi connectivity index (χ0) is 15.2. The Labute approximate surface area is 139 Å². The first-order chi connectivity index (χ1) is 10.1. The first kappa shape index (κ1) is 17.8. The molecule has 4 N–H and O–H groups in total. The van der Waals surface area contributed by atoms with E-state index in [1.807, 2.05) is 12.1 Å². The van der Waals surface area contributed by atoms with Gasteiger partial charge in [-0.05, 0) is 29.8 Å². The average molecular weight is 340 g/mol. The maximum atomic E-state index is 11.9. The van der Waals surface area contributed by atoms with Crippen LogP contribution in [0, 0.1) is 0 Å². The number of hydrogen-bond donors (Lipinski definition) is 2. The fourth-order valence-corrected chi connectivity index (χ4v) is 1.81. The Morgan fingerprint density at radius 3 is 2.36 bits per heavy atom. The van der Waals surface area contributed by atoms with E-state index in [1.165, 1.54) is 0 Å². The van der Waals surface area contributed by atoms with Crippen LogP contribution in [-0.4, -0.2) is 11.9 Å². The second-order valence-electron chi connectivity index (χ2n) is 4.25. The van der Waals surface area contributed by atoms with Gasteiger partial charge in [-0.3, -0.25) is 4.79 Å². The largest absolute Gasteiger partial charge is 0.488 e. The highest BCUT2D eigenvalue weighted by atomic mass is 35.5. The molecule has 0 saturated carbocycles. The molecule has 2 aromatic carbocycles. The van der Waals surface area contributed by atoms with E-state index < -0.39 is 5.91 Å². The normalized spacial score (nSPS) is 9.50. The number of carbonyl (C=O) groups excluding carboxylic acids is 1. The van der Waals surface area contributed by atoms with Gasteiger partial charge in [0.05, 0.1) is 5.56 Å². The van der Waals surface area contributed by atoms with Crippen molar-refractivity contribution in [2.24, 2.45) is 16.5 Å². The average Bonchev–Trinajstić information content (AvgIpc) is 2.46. The molecule has 0 fully saturated rings. The topological polar surface area (TPSA) is 90.7 Å². The van der Waals surface area contributed by atoms with E-state index in [2.05, 4.69) is 4.99 Å². The molecular formula is C15H15Cl2N3O2. The lowest BCUT2D eigenvalue weighted by atomic mass is 10.2. The van der Waals surface area contributed by atoms with E-state index in [0.29, 0.717) is 22.9 Å². The number of nitrogens with two attached hydrogens (primary N) is 2. The molecular weight excluding hydrogens is 325 g/mol. The number of rotatable bonds is 4. The summed E-state index contributed by atoms with van der Waals surface area (Å²) in [5.41, 5.74) is 11.7. The lowest BCUT2D eigenvalue weighted by Crippen LogP contribution is -2.24. The number of nitrogens with zero attached hydrogens (tertiary/aromatic N) is 1. The zero-order valence-electron chi connectivity index (χ0n) is 11.5. The summed E-state index contributed by atoms with van der Waals surface area (Å²) in [6.45, 7) is 0.309. The first-order valence-corrected chi connectivity index (χ1v) is 6.54. The molecule has 0 aromatic heterocycles. The lowest BCUT2D eigenvalue weighted by Gasteiger charge is -2.09. The maximum absolute atomic E-state index is 11.9. The Kier molecular flexibility index (Phi) is 6.69. The summed E-state index contributed by atoms with van der Waals surface area (Å²) in [6, 6.07) is 14.0. The molecule has 0 bridgehead atoms. The van der Waals surface area contributed by atoms with Crippen LogP contribution in [0.25, 0.3) is 0 Å². The monoisotopic (exact) mass is 339 g/mol. The molecule has 22 heavy (non-hydrogen) atoms. The van der Waals surface area contributed by atoms with Crippen LogP contribution >= 0.6 is 24.0 Å². The molecule has 0 unspecified atom stereocenters. The fraction of sp³-hybridized carbons (Fsp3) is 0.0667. The number of benzene rings is 2. The highest BCUT2D eigenvalue weighted by molar-refractivity contribution is 6.30. The number of hydrogen-bond acceptors (Lipinski definition) is 2. The maximum Gasteiger partial charge on any atom is 0.283 e. The third-order valence-electron chi connectivity index (χ3n) is 2.66. The summed E-state index contributed by atoms with van der Waals surface area (Å²) in [5, 5.41) is 0.655. The fourth-order valence-electron chi connectivity index (χ4n) is 1.69. The molecule has 0 aliphatic rings. The van der Waals surface area contributed by atoms with E-state index in [9.17, 15) is 4.79 Å². The number of ether oxygens (including phenoxy) is 1. The molecule has 0 radical (unpaired) electrons. The molecule has 0 saturated heterocycles. The van der Waals surface area contributed by atoms with Crippen molar-refractivity contribution >= 4 is 35.9 Å². The quantitative estimate of drug-likeness (QED) is 0.661. The summed E-state index contributed by atoms with van der Waals surface area (Å²) in [6.07, 6.45) is 0. The van der Waals surface area contributed by atoms with Gasteiger partial charge in [0.15, 0.2) is 5.96 Å². The first-order valence-electron chi connectivity index (χ1n) is 6.16. The molecule has 5 nitrogen and oxygen atoms in total. The van der Waals surface area contributed by atoms with Crippen LogP contribution in [0.5, 0.6) is 5.75 Å². The lowest BCUT2D eigenvalue weighted by molar-refractivity contribution is 0.0998. The predicted octanol–water partition coefficient (Wildman–Crippen LogP) is 2.75. The minimum Gasteiger partial charge on any atom is -0.488 e. The molecule has 116 valence electrons. The molecule has 0 spiro atoms. The number of amides is 1. The molecule has 0 atom stereocenters. The van der Waals surface area contributed by atoms with Gasteiger partial charge < -0.3 is 16.2 Å². The molecule has 2 rings (SSSR count). The van der Waals surface area contributed by atoms with Crippen LogP contribution in [0.3, 0.4) is 0 Å². The Morgan fingerprint density at radius 2 is 1.73 bits per heavy atom. The van der Waals surface area contributed by atoms with E-state index >= 15 is 0 Å². The van der Waals surface area contributed by atoms with Gasteiger partial charge >= 0.3 is 0 Å². The Balaban J connectivity index is 0.00000242. The Bertz CT molecular complexity index is 669. The number of para-hydroxylation sites is 1. The van der Waals surface area contributed by atoms with E-state index in [4.69, 9.17) is 27.8 Å². The van der Waals surface area contributed by atoms with E-state index in [1.54, 1.807) is 36.4 Å². The van der Waals surface area contributed by atoms with Crippen LogP contribution in [0.2, 0.25) is 5.02 Å². The van der Waals surface area contributed by atoms with Gasteiger partial charge in [-0.1, -0.05) is 35.9 Å². The van der Waals surface area contributed by atoms with Crippen molar-refractivity contribution in [3.63, 3.8) is 0 Å². The molecule has 1 amide bonds. The van der Waals surface area contributed by atoms with Crippen LogP contribution in [-0.2, 0) is 6.61 Å². The van der Waals surface area contributed by atoms with Gasteiger partial charge in [0.1, 0.15) is 12.4 Å². The summed E-state index contributed by atoms with van der Waals surface area (Å²) < 4.78 is 5.65. The van der Waals surface area contributed by atoms with Crippen molar-refractivity contribution in [2.75, 3.05) is 0 Å². The van der Waals surface area contributed by atoms with Crippen molar-refractivity contribution in [1.29, 1.82) is 0 Å². The van der Waals surface area contributed by atoms with Crippen molar-refractivity contribution in [3.05, 3.63) is 64.7 Å². The van der Waals surface area contributed by atoms with Gasteiger partial charge in [0, 0.05) is 5.02 Å². The molecule has 7 heteroatoms. The number of aliphatic imine (C=N–C) groups is 1. The van der Waals surface area contributed by atoms with Gasteiger partial charge in [-0.2, -0.15) is 4.99 Å². The Morgan fingerprint density at radius 1 is 1.09 bits per heavy atom. The van der Waals surface area contributed by atoms with Crippen molar-refractivity contribution in [3.8, 4) is 5.75 Å². The molecule has 2 aromatic rings. The predicted molar refractivity (Wildman–Crippen MR) is 89.6 cm³/mol. The minimum atomic E-state index is -0.540. The zero-order valence-corrected chi connectivity index (χ0v) is 13.1. The van der Waals surface area contributed by atoms with Crippen LogP contribution in [0.15, 0.2) is 53.5 Å². The second-order valence-corrected chi connectivity index (χ2v) is 4.69. The number of guanidine groups is 1. The van der Waals surface area contributed by atoms with Gasteiger partial charge in [0.25, 0.3) is 5.91 Å². The minimum absolute atomic E-state index is 0. The molecule has 0 heterocycles. The van der Waals surface area contributed by atoms with Crippen molar-refractivity contribution in [1.82, 2.24) is 0 Å². The third kappa shape index (κ3) is 4.95. The van der Waals surface area contributed by atoms with E-state index in [-0.39, 0.29) is 18.4 Å². The Hall–Kier alpha value is -2.24. The summed E-state index contributed by atoms with van der Waals surface area (Å²) in [5.74, 6) is -0.406. The molecule has 0 aliphatic heterocycles. The summed E-state index contributed by atoms with van der Waals surface area (Å²) in [4.78, 5) is 15.4. The molecule has 0 aliphatic carbocycles. The smallest absolute Gasteiger partial charge is 0.283 e. The van der Waals surface area contributed by atoms with Crippen LogP contribution in [0.4, 0.5) is 0 Å². The van der Waals surface area contributed by atoms with E-state index in [0.717, 1.165) is 5.56 Å². The SMILES string of the molecule is Cl.NC(N)=NC(=O)c1ccccc1OCc1ccc(Cl)cc1. The highest BCUT2D eigenvalue weighted by Crippen LogP contribution is 2.20. The third-order valence-corrected chi connectivity index (χ3v) is 2.91.